The predicted molar refractivity (Wildman–Crippen MR) is 109 cm³/mol. The van der Waals surface area contributed by atoms with Gasteiger partial charge in [-0.05, 0) is 46.5 Å². The number of para-hydroxylation sites is 1. The Bertz CT molecular complexity index is 835. The van der Waals surface area contributed by atoms with Crippen molar-refractivity contribution in [2.75, 3.05) is 0 Å². The molecule has 0 saturated carbocycles. The van der Waals surface area contributed by atoms with Crippen molar-refractivity contribution in [2.24, 2.45) is 4.99 Å². The lowest BCUT2D eigenvalue weighted by atomic mass is 9.93. The minimum absolute atomic E-state index is 0.441. The lowest BCUT2D eigenvalue weighted by molar-refractivity contribution is 0.835. The molecule has 0 atom stereocenters. The molecular weight excluding hydrogens is 324 g/mol. The van der Waals surface area contributed by atoms with Gasteiger partial charge in [0, 0.05) is 10.9 Å². The Morgan fingerprint density at radius 3 is 2.20 bits per heavy atom. The maximum absolute atomic E-state index is 4.86. The topological polar surface area (TPSA) is 25.2 Å². The Kier molecular flexibility index (Phi) is 5.44. The van der Waals surface area contributed by atoms with E-state index in [9.17, 15) is 0 Å². The van der Waals surface area contributed by atoms with Crippen LogP contribution in [0.25, 0.3) is 11.3 Å². The summed E-state index contributed by atoms with van der Waals surface area (Å²) in [5, 5.41) is 4.19. The van der Waals surface area contributed by atoms with Crippen LogP contribution in [0.3, 0.4) is 0 Å². The third-order valence-corrected chi connectivity index (χ3v) is 4.94. The second-order valence-corrected chi connectivity index (χ2v) is 7.59. The van der Waals surface area contributed by atoms with Gasteiger partial charge in [-0.3, -0.25) is 4.99 Å². The number of aliphatic imine (C=N–C) groups is 1. The van der Waals surface area contributed by atoms with E-state index in [1.54, 1.807) is 11.3 Å². The number of thiophene rings is 1. The molecule has 2 nitrogen and oxygen atoms in total. The molecule has 0 amide bonds. The predicted octanol–water partition coefficient (Wildman–Crippen LogP) is 6.81. The molecule has 0 bridgehead atoms. The monoisotopic (exact) mass is 348 g/mol. The Labute approximate surface area is 154 Å². The van der Waals surface area contributed by atoms with Gasteiger partial charge in [0.05, 0.1) is 23.3 Å². The van der Waals surface area contributed by atoms with Gasteiger partial charge in [0.2, 0.25) is 0 Å². The number of aromatic nitrogens is 1. The lowest BCUT2D eigenvalue weighted by Crippen LogP contribution is -1.96. The molecule has 0 radical (unpaired) electrons. The third-order valence-electron chi connectivity index (χ3n) is 4.26. The van der Waals surface area contributed by atoms with Crippen LogP contribution in [0.5, 0.6) is 0 Å². The van der Waals surface area contributed by atoms with Crippen LogP contribution in [-0.4, -0.2) is 11.2 Å². The van der Waals surface area contributed by atoms with Crippen LogP contribution in [0.4, 0.5) is 5.69 Å². The summed E-state index contributed by atoms with van der Waals surface area (Å²) in [6.07, 6.45) is 1.89. The molecule has 3 rings (SSSR count). The van der Waals surface area contributed by atoms with E-state index >= 15 is 0 Å². The lowest BCUT2D eigenvalue weighted by Gasteiger charge is -2.16. The third kappa shape index (κ3) is 4.05. The SMILES string of the molecule is CC(C)c1cccc(C(C)C)c1N=Cc1cccc(-c2ccsc2)n1. The molecule has 3 heteroatoms. The Balaban J connectivity index is 1.99. The summed E-state index contributed by atoms with van der Waals surface area (Å²) in [4.78, 5) is 9.59. The fourth-order valence-electron chi connectivity index (χ4n) is 2.89. The van der Waals surface area contributed by atoms with Crippen molar-refractivity contribution in [3.63, 3.8) is 0 Å². The summed E-state index contributed by atoms with van der Waals surface area (Å²) in [6, 6.07) is 14.7. The fraction of sp³-hybridized carbons (Fsp3) is 0.273. The first kappa shape index (κ1) is 17.6. The summed E-state index contributed by atoms with van der Waals surface area (Å²) in [5.41, 5.74) is 6.71. The highest BCUT2D eigenvalue weighted by Crippen LogP contribution is 2.34. The van der Waals surface area contributed by atoms with E-state index in [4.69, 9.17) is 9.98 Å². The highest BCUT2D eigenvalue weighted by atomic mass is 32.1. The first-order valence-corrected chi connectivity index (χ1v) is 9.67. The molecule has 2 heterocycles. The zero-order chi connectivity index (χ0) is 17.8. The molecular formula is C22H24N2S. The summed E-state index contributed by atoms with van der Waals surface area (Å²) in [6.45, 7) is 8.86. The van der Waals surface area contributed by atoms with Crippen molar-refractivity contribution >= 4 is 23.2 Å². The summed E-state index contributed by atoms with van der Waals surface area (Å²) in [5.74, 6) is 0.881. The number of pyridine rings is 1. The molecule has 1 aromatic carbocycles. The maximum atomic E-state index is 4.86. The number of benzene rings is 1. The van der Waals surface area contributed by atoms with E-state index in [0.717, 1.165) is 22.6 Å². The van der Waals surface area contributed by atoms with E-state index in [-0.39, 0.29) is 0 Å². The van der Waals surface area contributed by atoms with Gasteiger partial charge in [0.25, 0.3) is 0 Å². The number of hydrogen-bond donors (Lipinski definition) is 0. The highest BCUT2D eigenvalue weighted by molar-refractivity contribution is 7.08. The molecule has 0 aliphatic carbocycles. The molecule has 0 unspecified atom stereocenters. The van der Waals surface area contributed by atoms with E-state index in [2.05, 4.69) is 62.7 Å². The largest absolute Gasteiger partial charge is 0.254 e. The van der Waals surface area contributed by atoms with Gasteiger partial charge in [-0.1, -0.05) is 52.0 Å². The smallest absolute Gasteiger partial charge is 0.0820 e. The Morgan fingerprint density at radius 1 is 0.920 bits per heavy atom. The van der Waals surface area contributed by atoms with Crippen molar-refractivity contribution < 1.29 is 0 Å². The fourth-order valence-corrected chi connectivity index (χ4v) is 3.54. The number of rotatable bonds is 5. The normalized spacial score (nSPS) is 11.8. The molecule has 0 spiro atoms. The molecule has 25 heavy (non-hydrogen) atoms. The molecule has 0 aliphatic rings. The first-order chi connectivity index (χ1) is 12.1. The van der Waals surface area contributed by atoms with Crippen LogP contribution < -0.4 is 0 Å². The maximum Gasteiger partial charge on any atom is 0.0820 e. The van der Waals surface area contributed by atoms with Crippen LogP contribution in [0.2, 0.25) is 0 Å². The highest BCUT2D eigenvalue weighted by Gasteiger charge is 2.12. The van der Waals surface area contributed by atoms with Gasteiger partial charge in [-0.2, -0.15) is 11.3 Å². The van der Waals surface area contributed by atoms with Crippen LogP contribution >= 0.6 is 11.3 Å². The standard InChI is InChI=1S/C22H24N2S/c1-15(2)19-8-6-9-20(16(3)4)22(19)23-13-18-7-5-10-21(24-18)17-11-12-25-14-17/h5-16H,1-4H3. The minimum Gasteiger partial charge on any atom is -0.254 e. The van der Waals surface area contributed by atoms with Crippen molar-refractivity contribution in [1.29, 1.82) is 0 Å². The molecule has 0 N–H and O–H groups in total. The van der Waals surface area contributed by atoms with Crippen molar-refractivity contribution in [3.8, 4) is 11.3 Å². The van der Waals surface area contributed by atoms with E-state index in [1.807, 2.05) is 24.4 Å². The zero-order valence-electron chi connectivity index (χ0n) is 15.2. The van der Waals surface area contributed by atoms with E-state index in [0.29, 0.717) is 11.8 Å². The van der Waals surface area contributed by atoms with Gasteiger partial charge in [0.1, 0.15) is 0 Å². The molecule has 0 saturated heterocycles. The molecule has 3 aromatic rings. The average molecular weight is 349 g/mol. The minimum atomic E-state index is 0.441. The second kappa shape index (κ2) is 7.75. The summed E-state index contributed by atoms with van der Waals surface area (Å²) >= 11 is 1.69. The van der Waals surface area contributed by atoms with E-state index in [1.165, 1.54) is 11.1 Å². The van der Waals surface area contributed by atoms with Crippen molar-refractivity contribution in [1.82, 2.24) is 4.98 Å². The molecule has 0 aliphatic heterocycles. The van der Waals surface area contributed by atoms with Crippen LogP contribution in [0.1, 0.15) is 56.4 Å². The van der Waals surface area contributed by atoms with Crippen LogP contribution in [0.15, 0.2) is 58.2 Å². The first-order valence-electron chi connectivity index (χ1n) is 8.72. The van der Waals surface area contributed by atoms with Gasteiger partial charge >= 0.3 is 0 Å². The van der Waals surface area contributed by atoms with E-state index < -0.39 is 0 Å². The average Bonchev–Trinajstić information content (AvgIpc) is 3.14. The van der Waals surface area contributed by atoms with Crippen LogP contribution in [0, 0.1) is 0 Å². The molecule has 0 fully saturated rings. The number of hydrogen-bond acceptors (Lipinski definition) is 3. The second-order valence-electron chi connectivity index (χ2n) is 6.81. The molecule has 2 aromatic heterocycles. The van der Waals surface area contributed by atoms with Gasteiger partial charge in [-0.25, -0.2) is 4.98 Å². The van der Waals surface area contributed by atoms with Crippen molar-refractivity contribution in [2.45, 2.75) is 39.5 Å². The van der Waals surface area contributed by atoms with Gasteiger partial charge in [-0.15, -0.1) is 0 Å². The van der Waals surface area contributed by atoms with Gasteiger partial charge < -0.3 is 0 Å². The Hall–Kier alpha value is -2.26. The zero-order valence-corrected chi connectivity index (χ0v) is 16.0. The summed E-state index contributed by atoms with van der Waals surface area (Å²) < 4.78 is 0. The van der Waals surface area contributed by atoms with Gasteiger partial charge in [0.15, 0.2) is 0 Å². The summed E-state index contributed by atoms with van der Waals surface area (Å²) in [7, 11) is 0. The Morgan fingerprint density at radius 2 is 1.60 bits per heavy atom. The molecule has 128 valence electrons. The van der Waals surface area contributed by atoms with Crippen molar-refractivity contribution in [3.05, 3.63) is 70.0 Å². The van der Waals surface area contributed by atoms with Crippen LogP contribution in [-0.2, 0) is 0 Å². The number of nitrogens with zero attached hydrogens (tertiary/aromatic N) is 2. The quantitative estimate of drug-likeness (QED) is 0.465.